The van der Waals surface area contributed by atoms with Gasteiger partial charge in [-0.3, -0.25) is 14.1 Å². The zero-order chi connectivity index (χ0) is 9.40. The Kier molecular flexibility index (Phi) is 15.2. The predicted octanol–water partition coefficient (Wildman–Crippen LogP) is 4.19. The molecule has 0 aliphatic heterocycles. The minimum absolute atomic E-state index is 0. The molecule has 80 valence electrons. The summed E-state index contributed by atoms with van der Waals surface area (Å²) in [5, 5.41) is 0. The van der Waals surface area contributed by atoms with Gasteiger partial charge in [-0.25, -0.2) is 0 Å². The summed E-state index contributed by atoms with van der Waals surface area (Å²) < 4.78 is 0. The maximum atomic E-state index is 2.63. The molecule has 0 spiro atoms. The van der Waals surface area contributed by atoms with Crippen LogP contribution in [0.4, 0.5) is 0 Å². The van der Waals surface area contributed by atoms with Crippen LogP contribution in [-0.2, 0) is 21.1 Å². The zero-order valence-electron chi connectivity index (χ0n) is 9.42. The molecule has 13 heavy (non-hydrogen) atoms. The van der Waals surface area contributed by atoms with Gasteiger partial charge in [0.05, 0.1) is 0 Å². The summed E-state index contributed by atoms with van der Waals surface area (Å²) >= 11 is 0. The summed E-state index contributed by atoms with van der Waals surface area (Å²) in [5.74, 6) is 0. The van der Waals surface area contributed by atoms with Gasteiger partial charge in [0.1, 0.15) is 0 Å². The van der Waals surface area contributed by atoms with Gasteiger partial charge in [-0.1, -0.05) is 40.0 Å². The van der Waals surface area contributed by atoms with Gasteiger partial charge >= 0.3 is 0 Å². The Bertz CT molecular complexity index is 78.9. The molecule has 0 unspecified atom stereocenters. The van der Waals surface area contributed by atoms with Crippen molar-refractivity contribution in [3.05, 3.63) is 6.16 Å². The second-order valence-corrected chi connectivity index (χ2v) is 8.67. The van der Waals surface area contributed by atoms with Crippen molar-refractivity contribution < 1.29 is 21.1 Å². The van der Waals surface area contributed by atoms with Crippen LogP contribution in [0.25, 0.3) is 0 Å². The molecule has 0 bridgehead atoms. The first-order valence-electron chi connectivity index (χ1n) is 5.08. The van der Waals surface area contributed by atoms with Crippen LogP contribution in [0, 0.1) is 6.16 Å². The van der Waals surface area contributed by atoms with E-state index >= 15 is 0 Å². The fraction of sp³-hybridized carbons (Fsp3) is 0.900. The van der Waals surface area contributed by atoms with E-state index in [9.17, 15) is 0 Å². The van der Waals surface area contributed by atoms with Crippen LogP contribution in [0.2, 0.25) is 0 Å². The summed E-state index contributed by atoms with van der Waals surface area (Å²) in [6.45, 7) is 9.32. The van der Waals surface area contributed by atoms with Crippen LogP contribution in [0.3, 0.4) is 0 Å². The fourth-order valence-electron chi connectivity index (χ4n) is 1.19. The normalized spacial score (nSPS) is 10.6. The molecule has 0 saturated heterocycles. The third-order valence-electron chi connectivity index (χ3n) is 2.30. The largest absolute Gasteiger partial charge is 0.298 e. The summed E-state index contributed by atoms with van der Waals surface area (Å²) in [5.41, 5.74) is 0. The van der Waals surface area contributed by atoms with Crippen molar-refractivity contribution in [2.24, 2.45) is 0 Å². The molecule has 0 saturated carbocycles. The monoisotopic (exact) mass is 389 g/mol. The van der Waals surface area contributed by atoms with Crippen molar-refractivity contribution in [2.75, 3.05) is 30.8 Å². The van der Waals surface area contributed by atoms with Gasteiger partial charge in [0.2, 0.25) is 0 Å². The Morgan fingerprint density at radius 3 is 1.62 bits per heavy atom. The quantitative estimate of drug-likeness (QED) is 0.453. The summed E-state index contributed by atoms with van der Waals surface area (Å²) in [4.78, 5) is 0. The molecule has 0 aromatic carbocycles. The second-order valence-electron chi connectivity index (χ2n) is 2.89. The van der Waals surface area contributed by atoms with Crippen molar-refractivity contribution in [3.63, 3.8) is 0 Å². The molecule has 0 atom stereocenters. The molecule has 0 aromatic heterocycles. The fourth-order valence-corrected chi connectivity index (χ4v) is 4.97. The van der Waals surface area contributed by atoms with Gasteiger partial charge in [0.15, 0.2) is 0 Å². The summed E-state index contributed by atoms with van der Waals surface area (Å²) in [7, 11) is 0.652. The van der Waals surface area contributed by atoms with E-state index in [2.05, 4.69) is 33.9 Å². The van der Waals surface area contributed by atoms with Gasteiger partial charge < -0.3 is 0 Å². The van der Waals surface area contributed by atoms with Crippen LogP contribution in [0.1, 0.15) is 27.7 Å². The van der Waals surface area contributed by atoms with E-state index in [4.69, 9.17) is 0 Å². The first-order chi connectivity index (χ1) is 5.78. The maximum Gasteiger partial charge on any atom is 0 e. The Balaban J connectivity index is 0. The predicted molar refractivity (Wildman–Crippen MR) is 65.2 cm³/mol. The summed E-state index contributed by atoms with van der Waals surface area (Å²) in [6.07, 6.45) is 9.67. The Hall–Kier alpha value is 1.55. The molecule has 0 aliphatic rings. The van der Waals surface area contributed by atoms with E-state index in [1.807, 2.05) is 0 Å². The molecular weight excluding hydrogens is 366 g/mol. The minimum atomic E-state index is 0. The van der Waals surface area contributed by atoms with E-state index in [-0.39, 0.29) is 21.1 Å². The molecule has 0 radical (unpaired) electrons. The first-order valence-corrected chi connectivity index (χ1v) is 8.75. The molecule has 0 nitrogen and oxygen atoms in total. The standard InChI is InChI=1S/C10H23P2.W/c1-5-11(6-2)9-10-12(7-3)8-4;/h9H,5-8,10H2,1-4H3;/q-1;. The molecule has 3 heteroatoms. The molecule has 0 aromatic rings. The van der Waals surface area contributed by atoms with E-state index < -0.39 is 0 Å². The number of rotatable bonds is 7. The topological polar surface area (TPSA) is 0 Å². The molecule has 0 amide bonds. The van der Waals surface area contributed by atoms with Gasteiger partial charge in [-0.2, -0.15) is 6.16 Å². The van der Waals surface area contributed by atoms with Crippen LogP contribution < -0.4 is 0 Å². The van der Waals surface area contributed by atoms with Gasteiger partial charge in [0, 0.05) is 21.1 Å². The molecule has 0 heterocycles. The van der Waals surface area contributed by atoms with E-state index in [1.54, 1.807) is 0 Å². The first kappa shape index (κ1) is 17.0. The Labute approximate surface area is 101 Å². The number of hydrogen-bond donors (Lipinski definition) is 0. The number of hydrogen-bond acceptors (Lipinski definition) is 0. The molecule has 0 rings (SSSR count). The molecule has 0 aliphatic carbocycles. The zero-order valence-corrected chi connectivity index (χ0v) is 14.1. The van der Waals surface area contributed by atoms with Crippen molar-refractivity contribution in [1.29, 1.82) is 0 Å². The van der Waals surface area contributed by atoms with Crippen LogP contribution >= 0.6 is 15.8 Å². The van der Waals surface area contributed by atoms with Crippen LogP contribution in [-0.4, -0.2) is 30.8 Å². The minimum Gasteiger partial charge on any atom is -0.298 e. The van der Waals surface area contributed by atoms with Gasteiger partial charge in [-0.15, -0.1) is 7.92 Å². The van der Waals surface area contributed by atoms with E-state index in [0.29, 0.717) is 15.8 Å². The summed E-state index contributed by atoms with van der Waals surface area (Å²) in [6, 6.07) is 0. The Morgan fingerprint density at radius 2 is 1.31 bits per heavy atom. The van der Waals surface area contributed by atoms with E-state index in [0.717, 1.165) is 0 Å². The van der Waals surface area contributed by atoms with Gasteiger partial charge in [-0.05, 0) is 12.3 Å². The van der Waals surface area contributed by atoms with Crippen LogP contribution in [0.15, 0.2) is 0 Å². The molecular formula is C10H23P2W-. The Morgan fingerprint density at radius 1 is 0.846 bits per heavy atom. The van der Waals surface area contributed by atoms with Crippen molar-refractivity contribution in [2.45, 2.75) is 27.7 Å². The third kappa shape index (κ3) is 8.54. The van der Waals surface area contributed by atoms with Crippen molar-refractivity contribution in [1.82, 2.24) is 0 Å². The third-order valence-corrected chi connectivity index (χ3v) is 7.40. The SMILES string of the molecule is CCP([CH-]CP(CC)CC)CC.[W]. The average Bonchev–Trinajstić information content (AvgIpc) is 2.13. The maximum absolute atomic E-state index is 2.63. The van der Waals surface area contributed by atoms with Gasteiger partial charge in [0.25, 0.3) is 0 Å². The van der Waals surface area contributed by atoms with Crippen LogP contribution in [0.5, 0.6) is 0 Å². The smallest absolute Gasteiger partial charge is 0 e. The average molecular weight is 389 g/mol. The van der Waals surface area contributed by atoms with Crippen molar-refractivity contribution >= 4 is 15.8 Å². The molecule has 0 fully saturated rings. The molecule has 0 N–H and O–H groups in total. The van der Waals surface area contributed by atoms with E-state index in [1.165, 1.54) is 30.8 Å². The van der Waals surface area contributed by atoms with Crippen molar-refractivity contribution in [3.8, 4) is 0 Å². The second kappa shape index (κ2) is 11.6.